The highest BCUT2D eigenvalue weighted by atomic mass is 32.1. The van der Waals surface area contributed by atoms with E-state index in [1.165, 1.54) is 21.3 Å². The van der Waals surface area contributed by atoms with Crippen LogP contribution in [0.25, 0.3) is 10.1 Å². The van der Waals surface area contributed by atoms with Gasteiger partial charge in [-0.2, -0.15) is 0 Å². The van der Waals surface area contributed by atoms with Crippen LogP contribution in [0.15, 0.2) is 54.6 Å². The third-order valence-corrected chi connectivity index (χ3v) is 7.02. The van der Waals surface area contributed by atoms with Gasteiger partial charge in [0, 0.05) is 42.5 Å². The van der Waals surface area contributed by atoms with Crippen molar-refractivity contribution in [1.82, 2.24) is 4.90 Å². The molecule has 0 saturated carbocycles. The third kappa shape index (κ3) is 3.19. The first-order valence-corrected chi connectivity index (χ1v) is 10.8. The van der Waals surface area contributed by atoms with Crippen molar-refractivity contribution >= 4 is 33.0 Å². The maximum atomic E-state index is 13.4. The molecule has 3 aromatic rings. The Morgan fingerprint density at radius 1 is 0.964 bits per heavy atom. The second-order valence-corrected chi connectivity index (χ2v) is 8.56. The lowest BCUT2D eigenvalue weighted by atomic mass is 9.94. The zero-order valence-corrected chi connectivity index (χ0v) is 16.7. The zero-order chi connectivity index (χ0) is 18.9. The molecule has 28 heavy (non-hydrogen) atoms. The number of benzene rings is 2. The molecule has 4 nitrogen and oxygen atoms in total. The molecule has 2 saturated heterocycles. The van der Waals surface area contributed by atoms with E-state index < -0.39 is 0 Å². The molecule has 3 heterocycles. The van der Waals surface area contributed by atoms with Crippen molar-refractivity contribution in [2.75, 3.05) is 44.3 Å². The molecule has 0 N–H and O–H groups in total. The van der Waals surface area contributed by atoms with Gasteiger partial charge >= 0.3 is 0 Å². The number of carbonyl (C=O) groups excluding carboxylic acids is 1. The molecule has 2 fully saturated rings. The lowest BCUT2D eigenvalue weighted by Gasteiger charge is -2.27. The van der Waals surface area contributed by atoms with Gasteiger partial charge in [-0.15, -0.1) is 11.3 Å². The van der Waals surface area contributed by atoms with Crippen LogP contribution < -0.4 is 4.90 Å². The van der Waals surface area contributed by atoms with E-state index in [0.717, 1.165) is 24.4 Å². The summed E-state index contributed by atoms with van der Waals surface area (Å²) in [6.07, 6.45) is 1.08. The fourth-order valence-electron chi connectivity index (χ4n) is 4.41. The summed E-state index contributed by atoms with van der Waals surface area (Å²) in [5.74, 6) is 0.564. The maximum absolute atomic E-state index is 13.4. The van der Waals surface area contributed by atoms with E-state index in [2.05, 4.69) is 59.5 Å². The van der Waals surface area contributed by atoms with E-state index in [4.69, 9.17) is 4.74 Å². The number of ether oxygens (including phenoxy) is 1. The van der Waals surface area contributed by atoms with Crippen molar-refractivity contribution in [3.63, 3.8) is 0 Å². The predicted molar refractivity (Wildman–Crippen MR) is 115 cm³/mol. The van der Waals surface area contributed by atoms with Gasteiger partial charge in [-0.05, 0) is 35.6 Å². The summed E-state index contributed by atoms with van der Waals surface area (Å²) in [5, 5.41) is 1.25. The Hall–Kier alpha value is -2.37. The predicted octanol–water partition coefficient (Wildman–Crippen LogP) is 4.37. The highest BCUT2D eigenvalue weighted by molar-refractivity contribution is 7.21. The van der Waals surface area contributed by atoms with E-state index in [9.17, 15) is 4.79 Å². The molecule has 5 heteroatoms. The monoisotopic (exact) mass is 392 g/mol. The molecule has 1 amide bonds. The quantitative estimate of drug-likeness (QED) is 0.664. The van der Waals surface area contributed by atoms with E-state index in [-0.39, 0.29) is 5.91 Å². The Kier molecular flexibility index (Phi) is 4.79. The highest BCUT2D eigenvalue weighted by Gasteiger charge is 2.32. The number of hydrogen-bond acceptors (Lipinski definition) is 4. The molecule has 0 radical (unpaired) electrons. The average molecular weight is 393 g/mol. The first-order valence-electron chi connectivity index (χ1n) is 10.00. The van der Waals surface area contributed by atoms with Gasteiger partial charge in [0.1, 0.15) is 0 Å². The van der Waals surface area contributed by atoms with Crippen molar-refractivity contribution in [2.24, 2.45) is 0 Å². The van der Waals surface area contributed by atoms with Crippen molar-refractivity contribution in [1.29, 1.82) is 0 Å². The van der Waals surface area contributed by atoms with Crippen LogP contribution in [0.3, 0.4) is 0 Å². The number of anilines is 1. The minimum absolute atomic E-state index is 0.178. The number of nitrogens with zero attached hydrogens (tertiary/aromatic N) is 2. The lowest BCUT2D eigenvalue weighted by molar-refractivity contribution is 0.0305. The Morgan fingerprint density at radius 3 is 2.54 bits per heavy atom. The molecule has 5 rings (SSSR count). The van der Waals surface area contributed by atoms with E-state index >= 15 is 0 Å². The van der Waals surface area contributed by atoms with Crippen LogP contribution in [0.2, 0.25) is 0 Å². The van der Waals surface area contributed by atoms with Gasteiger partial charge in [0.2, 0.25) is 0 Å². The van der Waals surface area contributed by atoms with E-state index in [1.54, 1.807) is 11.3 Å². The normalized spacial score (nSPS) is 20.1. The molecule has 0 aliphatic carbocycles. The molecule has 0 spiro atoms. The SMILES string of the molecule is O=C(c1sc2ccccc2c1[C@H]1CCN(c2ccccc2)C1)N1CCOCC1. The highest BCUT2D eigenvalue weighted by Crippen LogP contribution is 2.41. The number of fused-ring (bicyclic) bond motifs is 1. The number of para-hydroxylation sites is 1. The Balaban J connectivity index is 1.50. The summed E-state index contributed by atoms with van der Waals surface area (Å²) < 4.78 is 6.66. The molecule has 2 aliphatic heterocycles. The number of hydrogen-bond donors (Lipinski definition) is 0. The summed E-state index contributed by atoms with van der Waals surface area (Å²) >= 11 is 1.66. The number of thiophene rings is 1. The molecular weight excluding hydrogens is 368 g/mol. The molecule has 0 bridgehead atoms. The number of amides is 1. The smallest absolute Gasteiger partial charge is 0.264 e. The van der Waals surface area contributed by atoms with E-state index in [1.807, 2.05) is 4.90 Å². The Morgan fingerprint density at radius 2 is 1.71 bits per heavy atom. The van der Waals surface area contributed by atoms with Crippen molar-refractivity contribution < 1.29 is 9.53 Å². The molecule has 144 valence electrons. The van der Waals surface area contributed by atoms with Crippen molar-refractivity contribution in [3.8, 4) is 0 Å². The molecule has 0 unspecified atom stereocenters. The minimum Gasteiger partial charge on any atom is -0.378 e. The van der Waals surface area contributed by atoms with Crippen LogP contribution in [0.5, 0.6) is 0 Å². The van der Waals surface area contributed by atoms with Gasteiger partial charge < -0.3 is 14.5 Å². The fourth-order valence-corrected chi connectivity index (χ4v) is 5.67. The molecule has 2 aromatic carbocycles. The van der Waals surface area contributed by atoms with Crippen LogP contribution in [0, 0.1) is 0 Å². The van der Waals surface area contributed by atoms with Crippen LogP contribution in [0.4, 0.5) is 5.69 Å². The van der Waals surface area contributed by atoms with Gasteiger partial charge in [-0.25, -0.2) is 0 Å². The van der Waals surface area contributed by atoms with Crippen LogP contribution in [-0.2, 0) is 4.74 Å². The molecular formula is C23H24N2O2S. The first kappa shape index (κ1) is 17.7. The topological polar surface area (TPSA) is 32.8 Å². The largest absolute Gasteiger partial charge is 0.378 e. The standard InChI is InChI=1S/C23H24N2O2S/c26-23(24-12-14-27-15-13-24)22-21(19-8-4-5-9-20(19)28-22)17-10-11-25(16-17)18-6-2-1-3-7-18/h1-9,17H,10-16H2/t17-/m0/s1. The molecule has 2 aliphatic rings. The summed E-state index contributed by atoms with van der Waals surface area (Å²) in [5.41, 5.74) is 2.53. The zero-order valence-electron chi connectivity index (χ0n) is 15.8. The third-order valence-electron chi connectivity index (χ3n) is 5.84. The van der Waals surface area contributed by atoms with Crippen molar-refractivity contribution in [2.45, 2.75) is 12.3 Å². The minimum atomic E-state index is 0.178. The van der Waals surface area contributed by atoms with E-state index in [0.29, 0.717) is 32.2 Å². The molecule has 1 aromatic heterocycles. The van der Waals surface area contributed by atoms with Crippen molar-refractivity contribution in [3.05, 3.63) is 65.0 Å². The average Bonchev–Trinajstić information content (AvgIpc) is 3.39. The number of carbonyl (C=O) groups is 1. The maximum Gasteiger partial charge on any atom is 0.264 e. The van der Waals surface area contributed by atoms with Gasteiger partial charge in [-0.1, -0.05) is 36.4 Å². The summed E-state index contributed by atoms with van der Waals surface area (Å²) in [4.78, 5) is 18.7. The first-order chi connectivity index (χ1) is 13.8. The molecule has 1 atom stereocenters. The second kappa shape index (κ2) is 7.57. The van der Waals surface area contributed by atoms with Gasteiger partial charge in [0.05, 0.1) is 18.1 Å². The summed E-state index contributed by atoms with van der Waals surface area (Å²) in [6.45, 7) is 4.65. The van der Waals surface area contributed by atoms with Crippen LogP contribution in [-0.4, -0.2) is 50.2 Å². The number of rotatable bonds is 3. The lowest BCUT2D eigenvalue weighted by Crippen LogP contribution is -2.40. The number of morpholine rings is 1. The van der Waals surface area contributed by atoms with Gasteiger partial charge in [-0.3, -0.25) is 4.79 Å². The Labute approximate surface area is 169 Å². The fraction of sp³-hybridized carbons (Fsp3) is 0.348. The Bertz CT molecular complexity index is 979. The van der Waals surface area contributed by atoms with Crippen LogP contribution in [0.1, 0.15) is 27.6 Å². The van der Waals surface area contributed by atoms with Crippen LogP contribution >= 0.6 is 11.3 Å². The van der Waals surface area contributed by atoms with Gasteiger partial charge in [0.25, 0.3) is 5.91 Å². The summed E-state index contributed by atoms with van der Waals surface area (Å²) in [6, 6.07) is 19.1. The van der Waals surface area contributed by atoms with Gasteiger partial charge in [0.15, 0.2) is 0 Å². The summed E-state index contributed by atoms with van der Waals surface area (Å²) in [7, 11) is 0. The second-order valence-electron chi connectivity index (χ2n) is 7.51.